The zero-order chi connectivity index (χ0) is 15.0. The molecule has 114 valence electrons. The normalized spacial score (nSPS) is 12.1. The maximum absolute atomic E-state index is 12.6. The van der Waals surface area contributed by atoms with Gasteiger partial charge in [0, 0.05) is 24.5 Å². The van der Waals surface area contributed by atoms with Gasteiger partial charge in [0.2, 0.25) is 0 Å². The smallest absolute Gasteiger partial charge is 0.330 e. The van der Waals surface area contributed by atoms with E-state index in [2.05, 4.69) is 20.0 Å². The van der Waals surface area contributed by atoms with Gasteiger partial charge in [-0.2, -0.15) is 8.78 Å². The second-order valence-electron chi connectivity index (χ2n) is 4.24. The van der Waals surface area contributed by atoms with Crippen LogP contribution in [-0.2, 0) is 17.9 Å². The van der Waals surface area contributed by atoms with E-state index in [1.807, 2.05) is 6.92 Å². The number of hydrogen-bond acceptors (Lipinski definition) is 4. The van der Waals surface area contributed by atoms with Crippen LogP contribution in [0.4, 0.5) is 17.6 Å². The third kappa shape index (κ3) is 5.79. The average molecular weight is 295 g/mol. The summed E-state index contributed by atoms with van der Waals surface area (Å²) in [5.41, 5.74) is 0.847. The first-order valence-electron chi connectivity index (χ1n) is 6.20. The molecular formula is C12H17F4N3O. The number of rotatable bonds is 9. The highest BCUT2D eigenvalue weighted by Crippen LogP contribution is 2.23. The predicted octanol–water partition coefficient (Wildman–Crippen LogP) is 2.39. The van der Waals surface area contributed by atoms with Crippen LogP contribution in [0.2, 0.25) is 0 Å². The molecule has 0 bridgehead atoms. The molecule has 0 fully saturated rings. The Kier molecular flexibility index (Phi) is 6.80. The molecule has 1 aromatic rings. The summed E-state index contributed by atoms with van der Waals surface area (Å²) >= 11 is 0. The molecule has 20 heavy (non-hydrogen) atoms. The zero-order valence-corrected chi connectivity index (χ0v) is 11.1. The van der Waals surface area contributed by atoms with E-state index in [1.165, 1.54) is 0 Å². The topological polar surface area (TPSA) is 47.0 Å². The van der Waals surface area contributed by atoms with Crippen molar-refractivity contribution in [1.29, 1.82) is 0 Å². The SMILES string of the molecule is CCCNCc1cnc(COCC(F)(F)C(F)F)nc1. The van der Waals surface area contributed by atoms with Gasteiger partial charge in [0.05, 0.1) is 0 Å². The van der Waals surface area contributed by atoms with Crippen LogP contribution in [0, 0.1) is 0 Å². The summed E-state index contributed by atoms with van der Waals surface area (Å²) in [6.45, 7) is 1.84. The maximum atomic E-state index is 12.6. The Bertz CT molecular complexity index is 387. The monoisotopic (exact) mass is 295 g/mol. The summed E-state index contributed by atoms with van der Waals surface area (Å²) in [4.78, 5) is 7.83. The molecular weight excluding hydrogens is 278 g/mol. The lowest BCUT2D eigenvalue weighted by Crippen LogP contribution is -2.32. The molecule has 8 heteroatoms. The maximum Gasteiger partial charge on any atom is 0.330 e. The van der Waals surface area contributed by atoms with Gasteiger partial charge in [0.1, 0.15) is 13.2 Å². The highest BCUT2D eigenvalue weighted by atomic mass is 19.3. The number of alkyl halides is 4. The lowest BCUT2D eigenvalue weighted by Gasteiger charge is -2.14. The number of ether oxygens (including phenoxy) is 1. The third-order valence-electron chi connectivity index (χ3n) is 2.36. The van der Waals surface area contributed by atoms with E-state index < -0.39 is 19.0 Å². The zero-order valence-electron chi connectivity index (χ0n) is 11.1. The number of nitrogens with zero attached hydrogens (tertiary/aromatic N) is 2. The molecule has 4 nitrogen and oxygen atoms in total. The number of hydrogen-bond donors (Lipinski definition) is 1. The highest BCUT2D eigenvalue weighted by molar-refractivity contribution is 5.04. The lowest BCUT2D eigenvalue weighted by atomic mass is 10.3. The summed E-state index contributed by atoms with van der Waals surface area (Å²) in [7, 11) is 0. The molecule has 0 aliphatic rings. The molecule has 1 N–H and O–H groups in total. The summed E-state index contributed by atoms with van der Waals surface area (Å²) < 4.78 is 53.4. The Hall–Kier alpha value is -1.28. The van der Waals surface area contributed by atoms with Gasteiger partial charge in [-0.05, 0) is 13.0 Å². The van der Waals surface area contributed by atoms with Crippen LogP contribution < -0.4 is 5.32 Å². The van der Waals surface area contributed by atoms with E-state index in [1.54, 1.807) is 12.4 Å². The van der Waals surface area contributed by atoms with Crippen LogP contribution in [0.1, 0.15) is 24.7 Å². The molecule has 0 amide bonds. The number of aromatic nitrogens is 2. The summed E-state index contributed by atoms with van der Waals surface area (Å²) in [5.74, 6) is -3.97. The van der Waals surface area contributed by atoms with Gasteiger partial charge < -0.3 is 10.1 Å². The van der Waals surface area contributed by atoms with Gasteiger partial charge in [0.15, 0.2) is 5.82 Å². The first kappa shape index (κ1) is 16.8. The second-order valence-corrected chi connectivity index (χ2v) is 4.24. The minimum atomic E-state index is -4.15. The summed E-state index contributed by atoms with van der Waals surface area (Å²) in [6, 6.07) is 0. The van der Waals surface area contributed by atoms with Gasteiger partial charge in [0.25, 0.3) is 0 Å². The fraction of sp³-hybridized carbons (Fsp3) is 0.667. The summed E-state index contributed by atoms with van der Waals surface area (Å²) in [5, 5.41) is 3.15. The van der Waals surface area contributed by atoms with E-state index in [0.717, 1.165) is 18.5 Å². The molecule has 0 spiro atoms. The third-order valence-corrected chi connectivity index (χ3v) is 2.36. The molecule has 1 heterocycles. The molecule has 0 aromatic carbocycles. The number of halogens is 4. The first-order valence-corrected chi connectivity index (χ1v) is 6.20. The fourth-order valence-electron chi connectivity index (χ4n) is 1.30. The average Bonchev–Trinajstić information content (AvgIpc) is 2.40. The van der Waals surface area contributed by atoms with Crippen molar-refractivity contribution in [1.82, 2.24) is 15.3 Å². The van der Waals surface area contributed by atoms with Crippen molar-refractivity contribution in [3.63, 3.8) is 0 Å². The van der Waals surface area contributed by atoms with Crippen molar-refractivity contribution >= 4 is 0 Å². The van der Waals surface area contributed by atoms with Crippen LogP contribution in [-0.4, -0.2) is 35.5 Å². The van der Waals surface area contributed by atoms with Crippen LogP contribution in [0.5, 0.6) is 0 Å². The second kappa shape index (κ2) is 8.11. The van der Waals surface area contributed by atoms with Crippen LogP contribution in [0.15, 0.2) is 12.4 Å². The van der Waals surface area contributed by atoms with Crippen LogP contribution >= 0.6 is 0 Å². The Labute approximate surface area is 114 Å². The van der Waals surface area contributed by atoms with E-state index in [0.29, 0.717) is 6.54 Å². The highest BCUT2D eigenvalue weighted by Gasteiger charge is 2.40. The molecule has 1 rings (SSSR count). The molecule has 1 aromatic heterocycles. The molecule has 0 aliphatic carbocycles. The largest absolute Gasteiger partial charge is 0.367 e. The van der Waals surface area contributed by atoms with E-state index >= 15 is 0 Å². The number of nitrogens with one attached hydrogen (secondary N) is 1. The summed E-state index contributed by atoms with van der Waals surface area (Å²) in [6.07, 6.45) is 0.347. The minimum absolute atomic E-state index is 0.175. The Balaban J connectivity index is 2.35. The molecule has 0 unspecified atom stereocenters. The van der Waals surface area contributed by atoms with E-state index in [9.17, 15) is 17.6 Å². The van der Waals surface area contributed by atoms with Crippen molar-refractivity contribution in [2.45, 2.75) is 38.8 Å². The fourth-order valence-corrected chi connectivity index (χ4v) is 1.30. The van der Waals surface area contributed by atoms with Crippen molar-refractivity contribution in [2.24, 2.45) is 0 Å². The Morgan fingerprint density at radius 3 is 2.50 bits per heavy atom. The van der Waals surface area contributed by atoms with E-state index in [4.69, 9.17) is 0 Å². The molecule has 0 atom stereocenters. The van der Waals surface area contributed by atoms with Crippen molar-refractivity contribution in [2.75, 3.05) is 13.2 Å². The van der Waals surface area contributed by atoms with Crippen LogP contribution in [0.25, 0.3) is 0 Å². The van der Waals surface area contributed by atoms with E-state index in [-0.39, 0.29) is 12.4 Å². The Morgan fingerprint density at radius 2 is 1.95 bits per heavy atom. The van der Waals surface area contributed by atoms with Crippen molar-refractivity contribution < 1.29 is 22.3 Å². The van der Waals surface area contributed by atoms with Crippen molar-refractivity contribution in [3.05, 3.63) is 23.8 Å². The van der Waals surface area contributed by atoms with Gasteiger partial charge in [-0.15, -0.1) is 0 Å². The van der Waals surface area contributed by atoms with Gasteiger partial charge in [-0.1, -0.05) is 6.92 Å². The van der Waals surface area contributed by atoms with Crippen LogP contribution in [0.3, 0.4) is 0 Å². The Morgan fingerprint density at radius 1 is 1.30 bits per heavy atom. The molecule has 0 saturated heterocycles. The molecule has 0 saturated carbocycles. The quantitative estimate of drug-likeness (QED) is 0.561. The minimum Gasteiger partial charge on any atom is -0.367 e. The van der Waals surface area contributed by atoms with Crippen molar-refractivity contribution in [3.8, 4) is 0 Å². The first-order chi connectivity index (χ1) is 9.45. The van der Waals surface area contributed by atoms with Gasteiger partial charge >= 0.3 is 12.3 Å². The standard InChI is InChI=1S/C12H17F4N3O/c1-2-3-17-4-9-5-18-10(19-6-9)7-20-8-12(15,16)11(13)14/h5-6,11,17H,2-4,7-8H2,1H3. The molecule has 0 radical (unpaired) electrons. The van der Waals surface area contributed by atoms with Gasteiger partial charge in [-0.3, -0.25) is 0 Å². The predicted molar refractivity (Wildman–Crippen MR) is 64.6 cm³/mol. The lowest BCUT2D eigenvalue weighted by molar-refractivity contribution is -0.168. The van der Waals surface area contributed by atoms with Gasteiger partial charge in [-0.25, -0.2) is 18.7 Å². The molecule has 0 aliphatic heterocycles.